The van der Waals surface area contributed by atoms with E-state index in [4.69, 9.17) is 9.26 Å². The lowest BCUT2D eigenvalue weighted by Gasteiger charge is -2.11. The third-order valence-corrected chi connectivity index (χ3v) is 3.54. The Labute approximate surface area is 151 Å². The van der Waals surface area contributed by atoms with Crippen molar-refractivity contribution in [3.8, 4) is 17.3 Å². The minimum absolute atomic E-state index is 0.00611. The van der Waals surface area contributed by atoms with E-state index in [1.807, 2.05) is 32.0 Å². The van der Waals surface area contributed by atoms with Crippen LogP contribution in [0.15, 0.2) is 53.2 Å². The van der Waals surface area contributed by atoms with E-state index in [0.717, 1.165) is 0 Å². The number of amides is 1. The summed E-state index contributed by atoms with van der Waals surface area (Å²) in [6.45, 7) is 5.64. The Hall–Kier alpha value is -3.22. The maximum absolute atomic E-state index is 12.2. The van der Waals surface area contributed by atoms with Crippen molar-refractivity contribution >= 4 is 5.91 Å². The average molecular weight is 352 g/mol. The molecule has 0 fully saturated rings. The van der Waals surface area contributed by atoms with E-state index in [0.29, 0.717) is 28.7 Å². The number of pyridine rings is 1. The van der Waals surface area contributed by atoms with Crippen molar-refractivity contribution in [1.82, 2.24) is 20.4 Å². The number of rotatable bonds is 6. The van der Waals surface area contributed by atoms with Gasteiger partial charge in [0, 0.05) is 11.8 Å². The zero-order valence-corrected chi connectivity index (χ0v) is 14.8. The number of nitrogens with zero attached hydrogens (tertiary/aromatic N) is 3. The van der Waals surface area contributed by atoms with Gasteiger partial charge in [-0.05, 0) is 45.0 Å². The molecule has 2 aromatic heterocycles. The Morgan fingerprint density at radius 3 is 2.62 bits per heavy atom. The number of carbonyl (C=O) groups excluding carboxylic acids is 1. The van der Waals surface area contributed by atoms with Crippen molar-refractivity contribution in [3.05, 3.63) is 60.1 Å². The average Bonchev–Trinajstić information content (AvgIpc) is 3.12. The van der Waals surface area contributed by atoms with Crippen LogP contribution >= 0.6 is 0 Å². The molecule has 26 heavy (non-hydrogen) atoms. The molecule has 0 saturated heterocycles. The van der Waals surface area contributed by atoms with Gasteiger partial charge in [0.2, 0.25) is 11.7 Å². The summed E-state index contributed by atoms with van der Waals surface area (Å²) in [7, 11) is 0. The molecule has 0 spiro atoms. The third-order valence-electron chi connectivity index (χ3n) is 3.54. The molecule has 1 unspecified atom stereocenters. The van der Waals surface area contributed by atoms with Crippen LogP contribution in [0.4, 0.5) is 0 Å². The summed E-state index contributed by atoms with van der Waals surface area (Å²) < 4.78 is 11.0. The van der Waals surface area contributed by atoms with Crippen LogP contribution in [-0.4, -0.2) is 27.1 Å². The normalized spacial score (nSPS) is 12.0. The number of hydrogen-bond acceptors (Lipinski definition) is 6. The molecule has 0 radical (unpaired) electrons. The Bertz CT molecular complexity index is 877. The molecule has 1 aromatic carbocycles. The minimum Gasteiger partial charge on any atom is -0.489 e. The van der Waals surface area contributed by atoms with Crippen LogP contribution in [0, 0.1) is 0 Å². The molecule has 1 atom stereocenters. The van der Waals surface area contributed by atoms with Crippen LogP contribution in [-0.2, 0) is 0 Å². The number of aromatic nitrogens is 3. The van der Waals surface area contributed by atoms with Gasteiger partial charge in [0.15, 0.2) is 5.69 Å². The summed E-state index contributed by atoms with van der Waals surface area (Å²) >= 11 is 0. The first-order valence-corrected chi connectivity index (χ1v) is 8.36. The van der Waals surface area contributed by atoms with Gasteiger partial charge in [0.1, 0.15) is 11.8 Å². The molecule has 3 rings (SSSR count). The molecule has 0 bridgehead atoms. The van der Waals surface area contributed by atoms with E-state index in [-0.39, 0.29) is 12.0 Å². The Kier molecular flexibility index (Phi) is 5.26. The second-order valence-electron chi connectivity index (χ2n) is 6.03. The Morgan fingerprint density at radius 2 is 1.88 bits per heavy atom. The second kappa shape index (κ2) is 7.77. The minimum atomic E-state index is -0.442. The molecular formula is C19H20N4O3. The smallest absolute Gasteiger partial charge is 0.251 e. The van der Waals surface area contributed by atoms with Crippen molar-refractivity contribution in [2.75, 3.05) is 0 Å². The molecule has 0 aliphatic rings. The standard InChI is InChI=1S/C19H20N4O3/c1-12(2)25-15-10-7-11-20-16(15)17-22-19(26-23-17)13(3)21-18(24)14-8-5-4-6-9-14/h4-13H,1-3H3,(H,21,24). The topological polar surface area (TPSA) is 90.1 Å². The number of ether oxygens (including phenoxy) is 1. The maximum atomic E-state index is 12.2. The fourth-order valence-electron chi connectivity index (χ4n) is 2.35. The quantitative estimate of drug-likeness (QED) is 0.731. The number of carbonyl (C=O) groups is 1. The summed E-state index contributed by atoms with van der Waals surface area (Å²) in [5, 5.41) is 6.81. The van der Waals surface area contributed by atoms with Crippen LogP contribution in [0.5, 0.6) is 5.75 Å². The molecule has 0 aliphatic heterocycles. The molecule has 7 nitrogen and oxygen atoms in total. The summed E-state index contributed by atoms with van der Waals surface area (Å²) in [6.07, 6.45) is 1.63. The van der Waals surface area contributed by atoms with Gasteiger partial charge in [-0.1, -0.05) is 23.4 Å². The van der Waals surface area contributed by atoms with Gasteiger partial charge in [-0.15, -0.1) is 0 Å². The van der Waals surface area contributed by atoms with Crippen molar-refractivity contribution < 1.29 is 14.1 Å². The Balaban J connectivity index is 1.77. The highest BCUT2D eigenvalue weighted by Gasteiger charge is 2.20. The number of nitrogens with one attached hydrogen (secondary N) is 1. The van der Waals surface area contributed by atoms with Crippen LogP contribution in [0.25, 0.3) is 11.5 Å². The van der Waals surface area contributed by atoms with Crippen molar-refractivity contribution in [2.24, 2.45) is 0 Å². The molecule has 7 heteroatoms. The highest BCUT2D eigenvalue weighted by molar-refractivity contribution is 5.94. The monoisotopic (exact) mass is 352 g/mol. The van der Waals surface area contributed by atoms with Gasteiger partial charge in [-0.2, -0.15) is 4.98 Å². The summed E-state index contributed by atoms with van der Waals surface area (Å²) in [6, 6.07) is 12.1. The van der Waals surface area contributed by atoms with Crippen molar-refractivity contribution in [2.45, 2.75) is 32.9 Å². The number of hydrogen-bond donors (Lipinski definition) is 1. The lowest BCUT2D eigenvalue weighted by Crippen LogP contribution is -2.26. The summed E-state index contributed by atoms with van der Waals surface area (Å²) in [4.78, 5) is 20.9. The van der Waals surface area contributed by atoms with Gasteiger partial charge in [0.05, 0.1) is 6.10 Å². The van der Waals surface area contributed by atoms with Crippen LogP contribution in [0.1, 0.15) is 43.1 Å². The summed E-state index contributed by atoms with van der Waals surface area (Å²) in [5.41, 5.74) is 1.06. The molecule has 1 amide bonds. The predicted octanol–water partition coefficient (Wildman–Crippen LogP) is 3.41. The van der Waals surface area contributed by atoms with Crippen LogP contribution in [0.2, 0.25) is 0 Å². The predicted molar refractivity (Wildman–Crippen MR) is 95.6 cm³/mol. The fourth-order valence-corrected chi connectivity index (χ4v) is 2.35. The van der Waals surface area contributed by atoms with E-state index >= 15 is 0 Å². The fraction of sp³-hybridized carbons (Fsp3) is 0.263. The third kappa shape index (κ3) is 4.05. The van der Waals surface area contributed by atoms with E-state index in [9.17, 15) is 4.79 Å². The first-order chi connectivity index (χ1) is 12.5. The molecule has 0 aliphatic carbocycles. The van der Waals surface area contributed by atoms with Crippen molar-refractivity contribution in [1.29, 1.82) is 0 Å². The van der Waals surface area contributed by atoms with E-state index in [1.54, 1.807) is 37.4 Å². The second-order valence-corrected chi connectivity index (χ2v) is 6.03. The molecule has 3 aromatic rings. The lowest BCUT2D eigenvalue weighted by atomic mass is 10.2. The SMILES string of the molecule is CC(C)Oc1cccnc1-c1noc(C(C)NC(=O)c2ccccc2)n1. The van der Waals surface area contributed by atoms with Crippen molar-refractivity contribution in [3.63, 3.8) is 0 Å². The number of benzene rings is 1. The van der Waals surface area contributed by atoms with E-state index in [1.165, 1.54) is 0 Å². The maximum Gasteiger partial charge on any atom is 0.251 e. The first kappa shape index (κ1) is 17.6. The summed E-state index contributed by atoms with van der Waals surface area (Å²) in [5.74, 6) is 0.984. The van der Waals surface area contributed by atoms with Gasteiger partial charge < -0.3 is 14.6 Å². The molecule has 134 valence electrons. The highest BCUT2D eigenvalue weighted by atomic mass is 16.5. The van der Waals surface area contributed by atoms with E-state index in [2.05, 4.69) is 20.4 Å². The van der Waals surface area contributed by atoms with E-state index < -0.39 is 6.04 Å². The van der Waals surface area contributed by atoms with Crippen LogP contribution < -0.4 is 10.1 Å². The zero-order valence-electron chi connectivity index (χ0n) is 14.8. The van der Waals surface area contributed by atoms with Gasteiger partial charge >= 0.3 is 0 Å². The Morgan fingerprint density at radius 1 is 1.12 bits per heavy atom. The van der Waals surface area contributed by atoms with Gasteiger partial charge in [-0.25, -0.2) is 4.98 Å². The van der Waals surface area contributed by atoms with Crippen LogP contribution in [0.3, 0.4) is 0 Å². The zero-order chi connectivity index (χ0) is 18.5. The molecule has 0 saturated carbocycles. The van der Waals surface area contributed by atoms with Gasteiger partial charge in [-0.3, -0.25) is 4.79 Å². The molecular weight excluding hydrogens is 332 g/mol. The lowest BCUT2D eigenvalue weighted by molar-refractivity contribution is 0.0932. The van der Waals surface area contributed by atoms with Gasteiger partial charge in [0.25, 0.3) is 5.91 Å². The highest BCUT2D eigenvalue weighted by Crippen LogP contribution is 2.27. The first-order valence-electron chi connectivity index (χ1n) is 8.36. The molecule has 2 heterocycles. The molecule has 1 N–H and O–H groups in total. The largest absolute Gasteiger partial charge is 0.489 e.